The molecule has 0 bridgehead atoms. The van der Waals surface area contributed by atoms with Crippen molar-refractivity contribution in [2.75, 3.05) is 31.6 Å². The highest BCUT2D eigenvalue weighted by Crippen LogP contribution is 2.27. The SMILES string of the molecule is CN(C(=O)C1CC(=O)N(c2ccc(Cl)cc2)C1)C1CCNC1.Cl. The van der Waals surface area contributed by atoms with E-state index < -0.39 is 0 Å². The molecule has 2 aliphatic rings. The molecule has 2 amide bonds. The van der Waals surface area contributed by atoms with Gasteiger partial charge in [0.1, 0.15) is 0 Å². The van der Waals surface area contributed by atoms with Crippen LogP contribution >= 0.6 is 24.0 Å². The lowest BCUT2D eigenvalue weighted by Gasteiger charge is -2.26. The minimum Gasteiger partial charge on any atom is -0.341 e. The summed E-state index contributed by atoms with van der Waals surface area (Å²) in [6.45, 7) is 2.23. The number of carbonyl (C=O) groups is 2. The fourth-order valence-electron chi connectivity index (χ4n) is 3.18. The van der Waals surface area contributed by atoms with E-state index in [4.69, 9.17) is 11.6 Å². The van der Waals surface area contributed by atoms with Gasteiger partial charge in [0.2, 0.25) is 11.8 Å². The van der Waals surface area contributed by atoms with Crippen LogP contribution in [0.2, 0.25) is 5.02 Å². The molecule has 126 valence electrons. The minimum absolute atomic E-state index is 0. The molecule has 0 radical (unpaired) electrons. The molecular weight excluding hydrogens is 337 g/mol. The van der Waals surface area contributed by atoms with Crippen molar-refractivity contribution >= 4 is 41.5 Å². The third kappa shape index (κ3) is 3.79. The Morgan fingerprint density at radius 2 is 2.04 bits per heavy atom. The first kappa shape index (κ1) is 18.0. The summed E-state index contributed by atoms with van der Waals surface area (Å²) in [5, 5.41) is 3.90. The standard InChI is InChI=1S/C16H20ClN3O2.ClH/c1-19(14-6-7-18-9-14)16(22)11-8-15(21)20(10-11)13-4-2-12(17)3-5-13;/h2-5,11,14,18H,6-10H2,1H3;1H. The van der Waals surface area contributed by atoms with Crippen LogP contribution in [0, 0.1) is 5.92 Å². The molecule has 7 heteroatoms. The quantitative estimate of drug-likeness (QED) is 0.899. The highest BCUT2D eigenvalue weighted by molar-refractivity contribution is 6.30. The molecule has 2 saturated heterocycles. The molecule has 2 atom stereocenters. The van der Waals surface area contributed by atoms with Gasteiger partial charge in [-0.2, -0.15) is 0 Å². The van der Waals surface area contributed by atoms with E-state index in [2.05, 4.69) is 5.32 Å². The molecule has 2 fully saturated rings. The third-order valence-electron chi connectivity index (χ3n) is 4.54. The van der Waals surface area contributed by atoms with E-state index in [0.29, 0.717) is 11.6 Å². The van der Waals surface area contributed by atoms with Crippen molar-refractivity contribution in [1.29, 1.82) is 0 Å². The van der Waals surface area contributed by atoms with Crippen molar-refractivity contribution in [2.45, 2.75) is 18.9 Å². The molecule has 1 aromatic rings. The van der Waals surface area contributed by atoms with Gasteiger partial charge in [-0.25, -0.2) is 0 Å². The molecule has 2 aliphatic heterocycles. The van der Waals surface area contributed by atoms with Crippen molar-refractivity contribution in [2.24, 2.45) is 5.92 Å². The number of hydrogen-bond donors (Lipinski definition) is 1. The second kappa shape index (κ2) is 7.51. The fourth-order valence-corrected chi connectivity index (χ4v) is 3.31. The predicted molar refractivity (Wildman–Crippen MR) is 93.2 cm³/mol. The molecule has 2 unspecified atom stereocenters. The van der Waals surface area contributed by atoms with Gasteiger partial charge in [-0.1, -0.05) is 11.6 Å². The summed E-state index contributed by atoms with van der Waals surface area (Å²) in [6.07, 6.45) is 1.26. The maximum atomic E-state index is 12.6. The van der Waals surface area contributed by atoms with Crippen LogP contribution in [0.1, 0.15) is 12.8 Å². The first-order valence-electron chi connectivity index (χ1n) is 7.59. The average molecular weight is 358 g/mol. The van der Waals surface area contributed by atoms with Gasteiger partial charge in [0.15, 0.2) is 0 Å². The average Bonchev–Trinajstić information content (AvgIpc) is 3.16. The smallest absolute Gasteiger partial charge is 0.228 e. The zero-order valence-corrected chi connectivity index (χ0v) is 14.6. The Bertz CT molecular complexity index is 573. The Morgan fingerprint density at radius 3 is 2.65 bits per heavy atom. The summed E-state index contributed by atoms with van der Waals surface area (Å²) >= 11 is 5.88. The van der Waals surface area contributed by atoms with Gasteiger partial charge in [-0.05, 0) is 37.2 Å². The Balaban J connectivity index is 0.00000192. The summed E-state index contributed by atoms with van der Waals surface area (Å²) in [5.41, 5.74) is 0.801. The summed E-state index contributed by atoms with van der Waals surface area (Å²) in [5.74, 6) is -0.189. The van der Waals surface area contributed by atoms with Gasteiger partial charge in [-0.3, -0.25) is 9.59 Å². The van der Waals surface area contributed by atoms with Gasteiger partial charge in [0.05, 0.1) is 5.92 Å². The Kier molecular flexibility index (Phi) is 5.89. The molecule has 5 nitrogen and oxygen atoms in total. The lowest BCUT2D eigenvalue weighted by atomic mass is 10.1. The topological polar surface area (TPSA) is 52.7 Å². The van der Waals surface area contributed by atoms with Crippen LogP contribution in [0.5, 0.6) is 0 Å². The maximum Gasteiger partial charge on any atom is 0.228 e. The molecule has 0 aliphatic carbocycles. The van der Waals surface area contributed by atoms with E-state index in [1.54, 1.807) is 17.0 Å². The van der Waals surface area contributed by atoms with Crippen molar-refractivity contribution < 1.29 is 9.59 Å². The monoisotopic (exact) mass is 357 g/mol. The van der Waals surface area contributed by atoms with Gasteiger partial charge in [0.25, 0.3) is 0 Å². The Morgan fingerprint density at radius 1 is 1.35 bits per heavy atom. The third-order valence-corrected chi connectivity index (χ3v) is 4.79. The number of carbonyl (C=O) groups excluding carboxylic acids is 2. The fraction of sp³-hybridized carbons (Fsp3) is 0.500. The summed E-state index contributed by atoms with van der Waals surface area (Å²) in [4.78, 5) is 28.3. The van der Waals surface area contributed by atoms with Crippen molar-refractivity contribution in [3.05, 3.63) is 29.3 Å². The van der Waals surface area contributed by atoms with E-state index in [-0.39, 0.29) is 42.6 Å². The van der Waals surface area contributed by atoms with E-state index in [9.17, 15) is 9.59 Å². The highest BCUT2D eigenvalue weighted by Gasteiger charge is 2.38. The van der Waals surface area contributed by atoms with Crippen LogP contribution in [0.4, 0.5) is 5.69 Å². The molecule has 0 aromatic heterocycles. The number of nitrogens with one attached hydrogen (secondary N) is 1. The van der Waals surface area contributed by atoms with E-state index in [1.165, 1.54) is 0 Å². The number of halogens is 2. The number of rotatable bonds is 3. The molecular formula is C16H21Cl2N3O2. The number of likely N-dealkylation sites (N-methyl/N-ethyl adjacent to an activating group) is 1. The minimum atomic E-state index is -0.256. The lowest BCUT2D eigenvalue weighted by Crippen LogP contribution is -2.42. The number of nitrogens with zero attached hydrogens (tertiary/aromatic N) is 2. The summed E-state index contributed by atoms with van der Waals surface area (Å²) < 4.78 is 0. The van der Waals surface area contributed by atoms with Crippen molar-refractivity contribution in [3.63, 3.8) is 0 Å². The zero-order valence-electron chi connectivity index (χ0n) is 13.0. The van der Waals surface area contributed by atoms with Crippen LogP contribution in [0.15, 0.2) is 24.3 Å². The van der Waals surface area contributed by atoms with E-state index in [1.807, 2.05) is 24.1 Å². The predicted octanol–water partition coefficient (Wildman–Crippen LogP) is 1.94. The molecule has 1 N–H and O–H groups in total. The van der Waals surface area contributed by atoms with Gasteiger partial charge in [0, 0.05) is 43.3 Å². The number of benzene rings is 1. The second-order valence-corrected chi connectivity index (χ2v) is 6.41. The van der Waals surface area contributed by atoms with Gasteiger partial charge in [-0.15, -0.1) is 12.4 Å². The Hall–Kier alpha value is -1.30. The second-order valence-electron chi connectivity index (χ2n) is 5.98. The first-order valence-corrected chi connectivity index (χ1v) is 7.97. The largest absolute Gasteiger partial charge is 0.341 e. The van der Waals surface area contributed by atoms with E-state index in [0.717, 1.165) is 25.2 Å². The van der Waals surface area contributed by atoms with Crippen LogP contribution in [0.25, 0.3) is 0 Å². The number of amides is 2. The summed E-state index contributed by atoms with van der Waals surface area (Å²) in [6, 6.07) is 7.40. The van der Waals surface area contributed by atoms with Crippen LogP contribution in [-0.2, 0) is 9.59 Å². The zero-order chi connectivity index (χ0) is 15.7. The molecule has 1 aromatic carbocycles. The van der Waals surface area contributed by atoms with Crippen LogP contribution in [0.3, 0.4) is 0 Å². The molecule has 3 rings (SSSR count). The number of anilines is 1. The number of hydrogen-bond acceptors (Lipinski definition) is 3. The molecule has 2 heterocycles. The van der Waals surface area contributed by atoms with Gasteiger partial charge < -0.3 is 15.1 Å². The lowest BCUT2D eigenvalue weighted by molar-refractivity contribution is -0.136. The normalized spacial score (nSPS) is 23.7. The van der Waals surface area contributed by atoms with Crippen LogP contribution in [-0.4, -0.2) is 49.4 Å². The van der Waals surface area contributed by atoms with Crippen molar-refractivity contribution in [1.82, 2.24) is 10.2 Å². The molecule has 0 saturated carbocycles. The molecule has 0 spiro atoms. The van der Waals surface area contributed by atoms with Gasteiger partial charge >= 0.3 is 0 Å². The maximum absolute atomic E-state index is 12.6. The summed E-state index contributed by atoms with van der Waals surface area (Å²) in [7, 11) is 1.84. The molecule has 23 heavy (non-hydrogen) atoms. The Labute approximate surface area is 147 Å². The van der Waals surface area contributed by atoms with E-state index >= 15 is 0 Å². The highest BCUT2D eigenvalue weighted by atomic mass is 35.5. The first-order chi connectivity index (χ1) is 10.6. The van der Waals surface area contributed by atoms with Crippen LogP contribution < -0.4 is 10.2 Å². The van der Waals surface area contributed by atoms with Crippen molar-refractivity contribution in [3.8, 4) is 0 Å².